The van der Waals surface area contributed by atoms with Crippen molar-refractivity contribution >= 4 is 35.1 Å². The number of hydrogen-bond donors (Lipinski definition) is 3. The summed E-state index contributed by atoms with van der Waals surface area (Å²) in [6.07, 6.45) is 0. The fraction of sp³-hybridized carbons (Fsp3) is 0.308. The lowest BCUT2D eigenvalue weighted by atomic mass is 10.1. The smallest absolute Gasteiger partial charge is 0.332 e. The van der Waals surface area contributed by atoms with Crippen molar-refractivity contribution in [2.45, 2.75) is 13.0 Å². The van der Waals surface area contributed by atoms with E-state index < -0.39 is 23.8 Å². The molecule has 7 nitrogen and oxygen atoms in total. The van der Waals surface area contributed by atoms with E-state index in [1.54, 1.807) is 6.92 Å². The maximum absolute atomic E-state index is 11.8. The van der Waals surface area contributed by atoms with Crippen LogP contribution in [0, 0.1) is 0 Å². The van der Waals surface area contributed by atoms with Crippen molar-refractivity contribution in [3.63, 3.8) is 0 Å². The molecule has 0 saturated carbocycles. The largest absolute Gasteiger partial charge is 0.464 e. The van der Waals surface area contributed by atoms with Crippen LogP contribution in [-0.2, 0) is 14.3 Å². The highest BCUT2D eigenvalue weighted by Crippen LogP contribution is 2.20. The van der Waals surface area contributed by atoms with E-state index in [0.29, 0.717) is 5.69 Å². The van der Waals surface area contributed by atoms with E-state index in [1.807, 2.05) is 0 Å². The average molecular weight is 314 g/mol. The molecule has 0 bridgehead atoms. The minimum absolute atomic E-state index is 0.127. The normalized spacial score (nSPS) is 11.4. The summed E-state index contributed by atoms with van der Waals surface area (Å²) in [6, 6.07) is 2.89. The number of hydrogen-bond acceptors (Lipinski definition) is 5. The molecule has 0 aliphatic rings. The number of carbonyl (C=O) groups is 3. The van der Waals surface area contributed by atoms with Crippen LogP contribution in [0.5, 0.6) is 0 Å². The molecule has 1 atom stereocenters. The van der Waals surface area contributed by atoms with Crippen molar-refractivity contribution < 1.29 is 19.1 Å². The highest BCUT2D eigenvalue weighted by Gasteiger charge is 2.23. The number of benzene rings is 1. The molecule has 0 aliphatic heterocycles. The van der Waals surface area contributed by atoms with Gasteiger partial charge in [-0.25, -0.2) is 4.79 Å². The second kappa shape index (κ2) is 7.61. The average Bonchev–Trinajstić information content (AvgIpc) is 2.47. The molecule has 0 aliphatic carbocycles. The van der Waals surface area contributed by atoms with Crippen molar-refractivity contribution in [2.24, 2.45) is 5.73 Å². The van der Waals surface area contributed by atoms with Crippen LogP contribution in [0.2, 0.25) is 5.02 Å². The topological polar surface area (TPSA) is 111 Å². The predicted octanol–water partition coefficient (Wildman–Crippen LogP) is 0.528. The van der Waals surface area contributed by atoms with E-state index in [4.69, 9.17) is 17.3 Å². The zero-order chi connectivity index (χ0) is 16.0. The lowest BCUT2D eigenvalue weighted by Gasteiger charge is -2.12. The maximum Gasteiger partial charge on any atom is 0.332 e. The lowest BCUT2D eigenvalue weighted by Crippen LogP contribution is -2.43. The number of carbonyl (C=O) groups excluding carboxylic acids is 3. The van der Waals surface area contributed by atoms with Crippen LogP contribution >= 0.6 is 11.6 Å². The highest BCUT2D eigenvalue weighted by atomic mass is 35.5. The number of halogens is 1. The van der Waals surface area contributed by atoms with Gasteiger partial charge < -0.3 is 21.1 Å². The maximum atomic E-state index is 11.8. The molecule has 0 fully saturated rings. The zero-order valence-corrected chi connectivity index (χ0v) is 12.4. The molecule has 1 rings (SSSR count). The van der Waals surface area contributed by atoms with Crippen LogP contribution in [0.1, 0.15) is 17.3 Å². The van der Waals surface area contributed by atoms with E-state index in [-0.39, 0.29) is 17.2 Å². The van der Waals surface area contributed by atoms with E-state index in [9.17, 15) is 14.4 Å². The SMILES string of the molecule is CCOC(=O)C(N)C(=O)Nc1ccc(Cl)c(C(=O)NC)c1. The molecule has 2 amide bonds. The van der Waals surface area contributed by atoms with Crippen molar-refractivity contribution in [1.82, 2.24) is 5.32 Å². The number of esters is 1. The minimum atomic E-state index is -1.44. The molecule has 0 spiro atoms. The third-order valence-corrected chi connectivity index (χ3v) is 2.86. The van der Waals surface area contributed by atoms with Crippen LogP contribution in [0.4, 0.5) is 5.69 Å². The van der Waals surface area contributed by atoms with Gasteiger partial charge in [-0.3, -0.25) is 9.59 Å². The molecule has 0 radical (unpaired) electrons. The van der Waals surface area contributed by atoms with Gasteiger partial charge in [0, 0.05) is 12.7 Å². The van der Waals surface area contributed by atoms with Gasteiger partial charge in [0.2, 0.25) is 0 Å². The first-order chi connectivity index (χ1) is 9.90. The molecule has 1 aromatic carbocycles. The van der Waals surface area contributed by atoms with Gasteiger partial charge in [0.25, 0.3) is 11.8 Å². The van der Waals surface area contributed by atoms with E-state index in [1.165, 1.54) is 25.2 Å². The molecular weight excluding hydrogens is 298 g/mol. The van der Waals surface area contributed by atoms with Gasteiger partial charge in [-0.2, -0.15) is 0 Å². The molecular formula is C13H16ClN3O4. The summed E-state index contributed by atoms with van der Waals surface area (Å²) in [4.78, 5) is 34.7. The van der Waals surface area contributed by atoms with Crippen LogP contribution in [0.15, 0.2) is 18.2 Å². The first-order valence-electron chi connectivity index (χ1n) is 6.15. The monoisotopic (exact) mass is 313 g/mol. The van der Waals surface area contributed by atoms with Crippen LogP contribution in [0.3, 0.4) is 0 Å². The van der Waals surface area contributed by atoms with E-state index in [2.05, 4.69) is 15.4 Å². The summed E-state index contributed by atoms with van der Waals surface area (Å²) in [6.45, 7) is 1.74. The first kappa shape index (κ1) is 16.9. The standard InChI is InChI=1S/C13H16ClN3O4/c1-3-21-13(20)10(15)12(19)17-7-4-5-9(14)8(6-7)11(18)16-2/h4-6,10H,3,15H2,1-2H3,(H,16,18)(H,17,19). The summed E-state index contributed by atoms with van der Waals surface area (Å²) in [5.74, 6) is -1.96. The molecule has 4 N–H and O–H groups in total. The van der Waals surface area contributed by atoms with Gasteiger partial charge in [-0.1, -0.05) is 11.6 Å². The third-order valence-electron chi connectivity index (χ3n) is 2.53. The first-order valence-corrected chi connectivity index (χ1v) is 6.53. The van der Waals surface area contributed by atoms with Gasteiger partial charge in [0.05, 0.1) is 17.2 Å². The number of anilines is 1. The number of nitrogens with one attached hydrogen (secondary N) is 2. The summed E-state index contributed by atoms with van der Waals surface area (Å²) in [7, 11) is 1.46. The molecule has 0 aromatic heterocycles. The zero-order valence-electron chi connectivity index (χ0n) is 11.6. The fourth-order valence-corrected chi connectivity index (χ4v) is 1.67. The Kier molecular flexibility index (Phi) is 6.13. The fourth-order valence-electron chi connectivity index (χ4n) is 1.47. The Morgan fingerprint density at radius 1 is 1.38 bits per heavy atom. The molecule has 0 heterocycles. The van der Waals surface area contributed by atoms with Crippen molar-refractivity contribution in [3.8, 4) is 0 Å². The van der Waals surface area contributed by atoms with Crippen molar-refractivity contribution in [2.75, 3.05) is 19.0 Å². The van der Waals surface area contributed by atoms with Gasteiger partial charge >= 0.3 is 5.97 Å². The van der Waals surface area contributed by atoms with Crippen molar-refractivity contribution in [3.05, 3.63) is 28.8 Å². The number of amides is 2. The number of nitrogens with two attached hydrogens (primary N) is 1. The van der Waals surface area contributed by atoms with Gasteiger partial charge in [-0.15, -0.1) is 0 Å². The van der Waals surface area contributed by atoms with Crippen LogP contribution in [0.25, 0.3) is 0 Å². The van der Waals surface area contributed by atoms with Crippen molar-refractivity contribution in [1.29, 1.82) is 0 Å². The summed E-state index contributed by atoms with van der Waals surface area (Å²) in [5, 5.41) is 5.09. The second-order valence-electron chi connectivity index (χ2n) is 3.99. The van der Waals surface area contributed by atoms with Crippen LogP contribution in [-0.4, -0.2) is 37.5 Å². The molecule has 114 valence electrons. The lowest BCUT2D eigenvalue weighted by molar-refractivity contribution is -0.146. The number of rotatable bonds is 5. The molecule has 0 saturated heterocycles. The molecule has 1 unspecified atom stereocenters. The summed E-state index contributed by atoms with van der Waals surface area (Å²) in [5.41, 5.74) is 5.95. The quantitative estimate of drug-likeness (QED) is 0.542. The third kappa shape index (κ3) is 4.44. The van der Waals surface area contributed by atoms with Gasteiger partial charge in [0.1, 0.15) is 0 Å². The Morgan fingerprint density at radius 2 is 2.05 bits per heavy atom. The van der Waals surface area contributed by atoms with E-state index in [0.717, 1.165) is 0 Å². The van der Waals surface area contributed by atoms with Gasteiger partial charge in [-0.05, 0) is 25.1 Å². The Labute approximate surface area is 126 Å². The summed E-state index contributed by atoms with van der Waals surface area (Å²) >= 11 is 5.89. The van der Waals surface area contributed by atoms with E-state index >= 15 is 0 Å². The Bertz CT molecular complexity index is 562. The number of ether oxygens (including phenoxy) is 1. The Balaban J connectivity index is 2.86. The highest BCUT2D eigenvalue weighted by molar-refractivity contribution is 6.34. The predicted molar refractivity (Wildman–Crippen MR) is 78.1 cm³/mol. The Morgan fingerprint density at radius 3 is 2.62 bits per heavy atom. The molecule has 1 aromatic rings. The molecule has 8 heteroatoms. The Hall–Kier alpha value is -2.12. The summed E-state index contributed by atoms with van der Waals surface area (Å²) < 4.78 is 4.65. The van der Waals surface area contributed by atoms with Crippen LogP contribution < -0.4 is 16.4 Å². The minimum Gasteiger partial charge on any atom is -0.464 e. The molecule has 21 heavy (non-hydrogen) atoms. The van der Waals surface area contributed by atoms with Gasteiger partial charge in [0.15, 0.2) is 6.04 Å². The second-order valence-corrected chi connectivity index (χ2v) is 4.40.